The summed E-state index contributed by atoms with van der Waals surface area (Å²) in [7, 11) is 0. The molecule has 0 radical (unpaired) electrons. The Bertz CT molecular complexity index is 1040. The van der Waals surface area contributed by atoms with Gasteiger partial charge in [0.2, 0.25) is 0 Å². The number of fused-ring (bicyclic) bond motifs is 1. The zero-order valence-electron chi connectivity index (χ0n) is 12.9. The first-order valence-corrected chi connectivity index (χ1v) is 8.20. The SMILES string of the molecule is Cc1cc(-c2nc3ccc(O)cc3s2)cnc1-c1ccc(N)nc1. The summed E-state index contributed by atoms with van der Waals surface area (Å²) in [5.74, 6) is 0.740. The predicted octanol–water partition coefficient (Wildman–Crippen LogP) is 4.02. The van der Waals surface area contributed by atoms with Crippen LogP contribution in [0.5, 0.6) is 5.75 Å². The molecule has 0 atom stereocenters. The van der Waals surface area contributed by atoms with Gasteiger partial charge in [0.25, 0.3) is 0 Å². The van der Waals surface area contributed by atoms with Crippen LogP contribution >= 0.6 is 11.3 Å². The van der Waals surface area contributed by atoms with E-state index in [1.807, 2.05) is 25.3 Å². The summed E-state index contributed by atoms with van der Waals surface area (Å²) in [5.41, 5.74) is 10.3. The number of nitrogens with zero attached hydrogens (tertiary/aromatic N) is 3. The molecule has 0 aliphatic rings. The Morgan fingerprint density at radius 1 is 1.00 bits per heavy atom. The number of phenolic OH excluding ortho intramolecular Hbond substituents is 1. The molecule has 24 heavy (non-hydrogen) atoms. The fourth-order valence-corrected chi connectivity index (χ4v) is 3.56. The molecular formula is C18H14N4OS. The van der Waals surface area contributed by atoms with Gasteiger partial charge in [0.05, 0.1) is 15.9 Å². The van der Waals surface area contributed by atoms with E-state index in [1.54, 1.807) is 24.4 Å². The molecule has 0 bridgehead atoms. The zero-order chi connectivity index (χ0) is 16.7. The number of hydrogen-bond acceptors (Lipinski definition) is 6. The van der Waals surface area contributed by atoms with Gasteiger partial charge in [-0.3, -0.25) is 4.98 Å². The molecule has 5 nitrogen and oxygen atoms in total. The molecule has 0 aliphatic heterocycles. The molecule has 0 spiro atoms. The number of benzene rings is 1. The molecule has 6 heteroatoms. The number of nitrogens with two attached hydrogens (primary N) is 1. The maximum atomic E-state index is 9.59. The Morgan fingerprint density at radius 3 is 2.58 bits per heavy atom. The van der Waals surface area contributed by atoms with Crippen molar-refractivity contribution in [3.8, 4) is 27.6 Å². The van der Waals surface area contributed by atoms with Crippen LogP contribution in [0.25, 0.3) is 32.0 Å². The van der Waals surface area contributed by atoms with E-state index in [2.05, 4.69) is 21.0 Å². The topological polar surface area (TPSA) is 84.9 Å². The molecule has 3 N–H and O–H groups in total. The maximum Gasteiger partial charge on any atom is 0.126 e. The highest BCUT2D eigenvalue weighted by atomic mass is 32.1. The Morgan fingerprint density at radius 2 is 1.83 bits per heavy atom. The lowest BCUT2D eigenvalue weighted by atomic mass is 10.1. The fraction of sp³-hybridized carbons (Fsp3) is 0.0556. The monoisotopic (exact) mass is 334 g/mol. The van der Waals surface area contributed by atoms with Crippen LogP contribution in [0.15, 0.2) is 48.8 Å². The molecule has 4 aromatic rings. The third-order valence-corrected chi connectivity index (χ3v) is 4.82. The normalized spacial score (nSPS) is 11.0. The van der Waals surface area contributed by atoms with Crippen LogP contribution in [0.4, 0.5) is 5.82 Å². The van der Waals surface area contributed by atoms with Gasteiger partial charge in [0.15, 0.2) is 0 Å². The second kappa shape index (κ2) is 5.58. The van der Waals surface area contributed by atoms with Crippen molar-refractivity contribution in [1.29, 1.82) is 0 Å². The van der Waals surface area contributed by atoms with E-state index in [4.69, 9.17) is 5.73 Å². The number of aromatic nitrogens is 3. The molecule has 0 amide bonds. The van der Waals surface area contributed by atoms with E-state index in [9.17, 15) is 5.11 Å². The first-order chi connectivity index (χ1) is 11.6. The third kappa shape index (κ3) is 2.57. The molecule has 118 valence electrons. The molecule has 1 aromatic carbocycles. The highest BCUT2D eigenvalue weighted by molar-refractivity contribution is 7.21. The van der Waals surface area contributed by atoms with E-state index in [0.29, 0.717) is 5.82 Å². The summed E-state index contributed by atoms with van der Waals surface area (Å²) in [4.78, 5) is 13.3. The Kier molecular flexibility index (Phi) is 3.39. The predicted molar refractivity (Wildman–Crippen MR) is 96.9 cm³/mol. The summed E-state index contributed by atoms with van der Waals surface area (Å²) in [6.45, 7) is 2.02. The standard InChI is InChI=1S/C18H14N4OS/c1-10-6-12(9-21-17(10)11-2-5-16(19)20-8-11)18-22-14-4-3-13(23)7-15(14)24-18/h2-9,23H,1H3,(H2,19,20). The molecule has 4 rings (SSSR count). The number of aryl methyl sites for hydroxylation is 1. The number of anilines is 1. The van der Waals surface area contributed by atoms with Crippen molar-refractivity contribution in [3.05, 3.63) is 54.4 Å². The molecular weight excluding hydrogens is 320 g/mol. The lowest BCUT2D eigenvalue weighted by Gasteiger charge is -2.06. The first kappa shape index (κ1) is 14.6. The number of nitrogen functional groups attached to an aromatic ring is 1. The third-order valence-electron chi connectivity index (χ3n) is 3.76. The van der Waals surface area contributed by atoms with Gasteiger partial charge in [0.1, 0.15) is 16.6 Å². The van der Waals surface area contributed by atoms with Gasteiger partial charge >= 0.3 is 0 Å². The van der Waals surface area contributed by atoms with E-state index in [0.717, 1.165) is 37.6 Å². The summed E-state index contributed by atoms with van der Waals surface area (Å²) in [6, 6.07) is 10.9. The largest absolute Gasteiger partial charge is 0.508 e. The number of pyridine rings is 2. The van der Waals surface area contributed by atoms with E-state index >= 15 is 0 Å². The van der Waals surface area contributed by atoms with Crippen LogP contribution in [0, 0.1) is 6.92 Å². The van der Waals surface area contributed by atoms with Crippen molar-refractivity contribution >= 4 is 27.4 Å². The minimum atomic E-state index is 0.248. The maximum absolute atomic E-state index is 9.59. The molecule has 0 saturated carbocycles. The highest BCUT2D eigenvalue weighted by Crippen LogP contribution is 2.33. The second-order valence-corrected chi connectivity index (χ2v) is 6.56. The van der Waals surface area contributed by atoms with Crippen LogP contribution in [0.2, 0.25) is 0 Å². The van der Waals surface area contributed by atoms with Gasteiger partial charge < -0.3 is 10.8 Å². The lowest BCUT2D eigenvalue weighted by molar-refractivity contribution is 0.476. The van der Waals surface area contributed by atoms with Crippen molar-refractivity contribution in [2.45, 2.75) is 6.92 Å². The second-order valence-electron chi connectivity index (χ2n) is 5.53. The minimum Gasteiger partial charge on any atom is -0.508 e. The van der Waals surface area contributed by atoms with Gasteiger partial charge in [-0.05, 0) is 48.9 Å². The van der Waals surface area contributed by atoms with Crippen molar-refractivity contribution in [3.63, 3.8) is 0 Å². The minimum absolute atomic E-state index is 0.248. The smallest absolute Gasteiger partial charge is 0.126 e. The van der Waals surface area contributed by atoms with Crippen LogP contribution in [0.3, 0.4) is 0 Å². The van der Waals surface area contributed by atoms with Crippen molar-refractivity contribution in [2.24, 2.45) is 0 Å². The average molecular weight is 334 g/mol. The Hall–Kier alpha value is -2.99. The number of phenols is 1. The highest BCUT2D eigenvalue weighted by Gasteiger charge is 2.10. The zero-order valence-corrected chi connectivity index (χ0v) is 13.7. The number of rotatable bonds is 2. The van der Waals surface area contributed by atoms with Crippen LogP contribution in [0.1, 0.15) is 5.56 Å². The molecule has 3 aromatic heterocycles. The van der Waals surface area contributed by atoms with Crippen LogP contribution in [-0.4, -0.2) is 20.1 Å². The van der Waals surface area contributed by atoms with Crippen molar-refractivity contribution in [1.82, 2.24) is 15.0 Å². The number of aromatic hydroxyl groups is 1. The van der Waals surface area contributed by atoms with Crippen LogP contribution in [-0.2, 0) is 0 Å². The quantitative estimate of drug-likeness (QED) is 0.578. The van der Waals surface area contributed by atoms with Gasteiger partial charge in [-0.2, -0.15) is 0 Å². The summed E-state index contributed by atoms with van der Waals surface area (Å²) in [6.07, 6.45) is 3.54. The van der Waals surface area contributed by atoms with Gasteiger partial charge in [0, 0.05) is 23.5 Å². The molecule has 3 heterocycles. The summed E-state index contributed by atoms with van der Waals surface area (Å²) in [5, 5.41) is 10.5. The van der Waals surface area contributed by atoms with Crippen molar-refractivity contribution < 1.29 is 5.11 Å². The lowest BCUT2D eigenvalue weighted by Crippen LogP contribution is -1.93. The van der Waals surface area contributed by atoms with Crippen molar-refractivity contribution in [2.75, 3.05) is 5.73 Å². The number of hydrogen-bond donors (Lipinski definition) is 2. The van der Waals surface area contributed by atoms with Gasteiger partial charge in [-0.25, -0.2) is 9.97 Å². The van der Waals surface area contributed by atoms with Gasteiger partial charge in [-0.15, -0.1) is 11.3 Å². The number of thiazole rings is 1. The van der Waals surface area contributed by atoms with E-state index < -0.39 is 0 Å². The molecule has 0 aliphatic carbocycles. The van der Waals surface area contributed by atoms with E-state index in [1.165, 1.54) is 11.3 Å². The average Bonchev–Trinajstić information content (AvgIpc) is 2.99. The Balaban J connectivity index is 1.76. The molecule has 0 saturated heterocycles. The summed E-state index contributed by atoms with van der Waals surface area (Å²) >= 11 is 1.54. The van der Waals surface area contributed by atoms with Gasteiger partial charge in [-0.1, -0.05) is 0 Å². The van der Waals surface area contributed by atoms with Crippen LogP contribution < -0.4 is 5.73 Å². The molecule has 0 unspecified atom stereocenters. The summed E-state index contributed by atoms with van der Waals surface area (Å²) < 4.78 is 0.953. The fourth-order valence-electron chi connectivity index (χ4n) is 2.58. The molecule has 0 fully saturated rings. The Labute approximate surface area is 142 Å². The van der Waals surface area contributed by atoms with E-state index in [-0.39, 0.29) is 5.75 Å². The first-order valence-electron chi connectivity index (χ1n) is 7.38.